The third-order valence-electron chi connectivity index (χ3n) is 3.85. The molecule has 2 aromatic carbocycles. The number of carbonyl (C=O) groups is 1. The number of hydrogen-bond acceptors (Lipinski definition) is 4. The first kappa shape index (κ1) is 17.4. The lowest BCUT2D eigenvalue weighted by Crippen LogP contribution is -2.35. The zero-order chi connectivity index (χ0) is 17.9. The molecule has 24 heavy (non-hydrogen) atoms. The molecule has 1 atom stereocenters. The van der Waals surface area contributed by atoms with E-state index in [4.69, 9.17) is 4.74 Å². The Kier molecular flexibility index (Phi) is 4.82. The van der Waals surface area contributed by atoms with E-state index in [2.05, 4.69) is 0 Å². The van der Waals surface area contributed by atoms with Gasteiger partial charge in [-0.1, -0.05) is 18.2 Å². The molecule has 0 saturated heterocycles. The number of benzene rings is 2. The maximum absolute atomic E-state index is 14.2. The highest BCUT2D eigenvalue weighted by molar-refractivity contribution is 5.87. The number of carboxylic acid groups (broad SMARTS) is 1. The summed E-state index contributed by atoms with van der Waals surface area (Å²) in [7, 11) is 0. The van der Waals surface area contributed by atoms with E-state index >= 15 is 0 Å². The van der Waals surface area contributed by atoms with Crippen LogP contribution in [0.3, 0.4) is 0 Å². The SMILES string of the molecule is CCOc1ccc([N+](=O)[O-])c(C(C)(C(=O)O)c2ccccc2F)c1. The normalized spacial score (nSPS) is 13.1. The van der Waals surface area contributed by atoms with Gasteiger partial charge < -0.3 is 9.84 Å². The highest BCUT2D eigenvalue weighted by Gasteiger charge is 2.44. The third kappa shape index (κ3) is 2.92. The number of ether oxygens (including phenoxy) is 1. The van der Waals surface area contributed by atoms with Gasteiger partial charge in [-0.05, 0) is 32.0 Å². The fourth-order valence-corrected chi connectivity index (χ4v) is 2.57. The van der Waals surface area contributed by atoms with Crippen LogP contribution < -0.4 is 4.74 Å². The summed E-state index contributed by atoms with van der Waals surface area (Å²) < 4.78 is 19.6. The number of nitro benzene ring substituents is 1. The predicted octanol–water partition coefficient (Wildman–Crippen LogP) is 3.52. The average Bonchev–Trinajstić information content (AvgIpc) is 2.54. The predicted molar refractivity (Wildman–Crippen MR) is 84.8 cm³/mol. The van der Waals surface area contributed by atoms with Crippen molar-refractivity contribution in [3.63, 3.8) is 0 Å². The first-order valence-corrected chi connectivity index (χ1v) is 7.22. The van der Waals surface area contributed by atoms with Gasteiger partial charge in [-0.15, -0.1) is 0 Å². The van der Waals surface area contributed by atoms with E-state index in [1.54, 1.807) is 6.92 Å². The van der Waals surface area contributed by atoms with Crippen LogP contribution in [0.1, 0.15) is 25.0 Å². The van der Waals surface area contributed by atoms with Crippen molar-refractivity contribution in [1.29, 1.82) is 0 Å². The maximum atomic E-state index is 14.2. The molecule has 0 saturated carbocycles. The zero-order valence-corrected chi connectivity index (χ0v) is 13.2. The van der Waals surface area contributed by atoms with Crippen LogP contribution >= 0.6 is 0 Å². The second-order valence-corrected chi connectivity index (χ2v) is 5.28. The van der Waals surface area contributed by atoms with Crippen molar-refractivity contribution in [2.45, 2.75) is 19.3 Å². The van der Waals surface area contributed by atoms with E-state index in [-0.39, 0.29) is 16.9 Å². The van der Waals surface area contributed by atoms with Gasteiger partial charge in [0, 0.05) is 11.6 Å². The second kappa shape index (κ2) is 6.66. The molecule has 2 aromatic rings. The summed E-state index contributed by atoms with van der Waals surface area (Å²) in [6.07, 6.45) is 0. The van der Waals surface area contributed by atoms with Crippen molar-refractivity contribution in [3.8, 4) is 5.75 Å². The molecule has 0 heterocycles. The van der Waals surface area contributed by atoms with Crippen molar-refractivity contribution >= 4 is 11.7 Å². The largest absolute Gasteiger partial charge is 0.494 e. The van der Waals surface area contributed by atoms with Crippen LogP contribution in [0.4, 0.5) is 10.1 Å². The Bertz CT molecular complexity index is 792. The van der Waals surface area contributed by atoms with Crippen LogP contribution in [0.15, 0.2) is 42.5 Å². The smallest absolute Gasteiger partial charge is 0.318 e. The standard InChI is InChI=1S/C17H16FNO5/c1-3-24-11-8-9-15(19(22)23)13(10-11)17(2,16(20)21)12-6-4-5-7-14(12)18/h4-10H,3H2,1-2H3,(H,20,21). The molecule has 6 nitrogen and oxygen atoms in total. The zero-order valence-electron chi connectivity index (χ0n) is 13.2. The fraction of sp³-hybridized carbons (Fsp3) is 0.235. The highest BCUT2D eigenvalue weighted by Crippen LogP contribution is 2.40. The van der Waals surface area contributed by atoms with Gasteiger partial charge in [-0.25, -0.2) is 4.39 Å². The average molecular weight is 333 g/mol. The Morgan fingerprint density at radius 1 is 1.29 bits per heavy atom. The van der Waals surface area contributed by atoms with Gasteiger partial charge in [0.05, 0.1) is 17.1 Å². The molecule has 0 aliphatic rings. The van der Waals surface area contributed by atoms with E-state index in [1.807, 2.05) is 0 Å². The molecular weight excluding hydrogens is 317 g/mol. The Hall–Kier alpha value is -2.96. The van der Waals surface area contributed by atoms with Crippen molar-refractivity contribution in [2.24, 2.45) is 0 Å². The molecule has 0 bridgehead atoms. The molecule has 0 radical (unpaired) electrons. The Balaban J connectivity index is 2.80. The highest BCUT2D eigenvalue weighted by atomic mass is 19.1. The van der Waals surface area contributed by atoms with E-state index in [1.165, 1.54) is 43.3 Å². The third-order valence-corrected chi connectivity index (χ3v) is 3.85. The summed E-state index contributed by atoms with van der Waals surface area (Å²) in [6, 6.07) is 9.17. The summed E-state index contributed by atoms with van der Waals surface area (Å²) in [4.78, 5) is 22.7. The van der Waals surface area contributed by atoms with Gasteiger partial charge in [-0.2, -0.15) is 0 Å². The lowest BCUT2D eigenvalue weighted by molar-refractivity contribution is -0.385. The van der Waals surface area contributed by atoms with Gasteiger partial charge in [-0.3, -0.25) is 14.9 Å². The lowest BCUT2D eigenvalue weighted by atomic mass is 9.75. The molecule has 2 rings (SSSR count). The molecule has 1 unspecified atom stereocenters. The molecule has 0 aromatic heterocycles. The van der Waals surface area contributed by atoms with Crippen LogP contribution in [-0.2, 0) is 10.2 Å². The first-order valence-electron chi connectivity index (χ1n) is 7.22. The first-order chi connectivity index (χ1) is 11.3. The van der Waals surface area contributed by atoms with Gasteiger partial charge in [0.2, 0.25) is 0 Å². The molecule has 1 N–H and O–H groups in total. The lowest BCUT2D eigenvalue weighted by Gasteiger charge is -2.26. The molecule has 0 amide bonds. The number of rotatable bonds is 6. The summed E-state index contributed by atoms with van der Waals surface area (Å²) in [5, 5.41) is 21.1. The molecule has 0 aliphatic heterocycles. The minimum Gasteiger partial charge on any atom is -0.494 e. The summed E-state index contributed by atoms with van der Waals surface area (Å²) in [5.41, 5.74) is -2.65. The van der Waals surface area contributed by atoms with Crippen LogP contribution in [0, 0.1) is 15.9 Å². The van der Waals surface area contributed by atoms with Crippen LogP contribution in [0.2, 0.25) is 0 Å². The quantitative estimate of drug-likeness (QED) is 0.645. The van der Waals surface area contributed by atoms with Crippen molar-refractivity contribution in [3.05, 3.63) is 69.5 Å². The minimum absolute atomic E-state index is 0.143. The number of nitro groups is 1. The Labute approximate surface area is 137 Å². The van der Waals surface area contributed by atoms with Gasteiger partial charge in [0.1, 0.15) is 17.0 Å². The number of hydrogen-bond donors (Lipinski definition) is 1. The number of halogens is 1. The van der Waals surface area contributed by atoms with Crippen molar-refractivity contribution < 1.29 is 24.0 Å². The van der Waals surface area contributed by atoms with E-state index in [9.17, 15) is 24.4 Å². The number of aliphatic carboxylic acids is 1. The van der Waals surface area contributed by atoms with Crippen LogP contribution in [-0.4, -0.2) is 22.6 Å². The van der Waals surface area contributed by atoms with Crippen molar-refractivity contribution in [2.75, 3.05) is 6.61 Å². The Morgan fingerprint density at radius 3 is 2.50 bits per heavy atom. The van der Waals surface area contributed by atoms with Crippen LogP contribution in [0.25, 0.3) is 0 Å². The maximum Gasteiger partial charge on any atom is 0.318 e. The molecule has 0 fully saturated rings. The molecule has 126 valence electrons. The van der Waals surface area contributed by atoms with Gasteiger partial charge in [0.25, 0.3) is 5.69 Å². The molecular formula is C17H16FNO5. The number of nitrogens with zero attached hydrogens (tertiary/aromatic N) is 1. The Morgan fingerprint density at radius 2 is 1.96 bits per heavy atom. The van der Waals surface area contributed by atoms with Crippen molar-refractivity contribution in [1.82, 2.24) is 0 Å². The number of carboxylic acids is 1. The topological polar surface area (TPSA) is 89.7 Å². The molecule has 7 heteroatoms. The van der Waals surface area contributed by atoms with Gasteiger partial charge in [0.15, 0.2) is 0 Å². The molecule has 0 spiro atoms. The second-order valence-electron chi connectivity index (χ2n) is 5.28. The summed E-state index contributed by atoms with van der Waals surface area (Å²) >= 11 is 0. The monoisotopic (exact) mass is 333 g/mol. The minimum atomic E-state index is -1.94. The van der Waals surface area contributed by atoms with Gasteiger partial charge >= 0.3 is 5.97 Å². The summed E-state index contributed by atoms with van der Waals surface area (Å²) in [5.74, 6) is -1.87. The van der Waals surface area contributed by atoms with Crippen LogP contribution in [0.5, 0.6) is 5.75 Å². The van der Waals surface area contributed by atoms with E-state index in [0.717, 1.165) is 6.07 Å². The van der Waals surface area contributed by atoms with E-state index in [0.29, 0.717) is 6.61 Å². The fourth-order valence-electron chi connectivity index (χ4n) is 2.57. The summed E-state index contributed by atoms with van der Waals surface area (Å²) in [6.45, 7) is 3.28. The molecule has 0 aliphatic carbocycles. The van der Waals surface area contributed by atoms with E-state index < -0.39 is 27.8 Å².